The normalized spacial score (nSPS) is 31.5. The van der Waals surface area contributed by atoms with E-state index in [1.807, 2.05) is 0 Å². The fraction of sp³-hybridized carbons (Fsp3) is 0.745. The zero-order valence-electron chi connectivity index (χ0n) is 40.2. The van der Waals surface area contributed by atoms with Crippen molar-refractivity contribution in [2.45, 2.75) is 158 Å². The number of allylic oxidation sites excluding steroid dienone is 8. The molecule has 0 saturated carbocycles. The van der Waals surface area contributed by atoms with Crippen LogP contribution in [-0.2, 0) is 42.9 Å². The number of carbonyl (C=O) groups excluding carboxylic acids is 5. The zero-order valence-corrected chi connectivity index (χ0v) is 40.2. The molecule has 8 atom stereocenters. The van der Waals surface area contributed by atoms with E-state index in [2.05, 4.69) is 93.9 Å². The topological polar surface area (TPSA) is 163 Å². The van der Waals surface area contributed by atoms with Crippen LogP contribution >= 0.6 is 0 Å². The van der Waals surface area contributed by atoms with Crippen LogP contribution in [0.3, 0.4) is 0 Å². The molecule has 354 valence electrons. The molecule has 1 saturated heterocycles. The van der Waals surface area contributed by atoms with Crippen LogP contribution in [-0.4, -0.2) is 81.5 Å². The summed E-state index contributed by atoms with van der Waals surface area (Å²) in [4.78, 5) is 55.8. The maximum atomic E-state index is 11.3. The molecule has 1 aliphatic heterocycles. The number of hydrogen-bond acceptors (Lipinski definition) is 11. The molecule has 11 nitrogen and oxygen atoms in total. The highest BCUT2D eigenvalue weighted by molar-refractivity contribution is 5.71. The third-order valence-electron chi connectivity index (χ3n) is 15.4. The monoisotopic (exact) mass is 873 g/mol. The van der Waals surface area contributed by atoms with Crippen molar-refractivity contribution in [3.8, 4) is 0 Å². The van der Waals surface area contributed by atoms with E-state index >= 15 is 0 Å². The Hall–Kier alpha value is -3.57. The van der Waals surface area contributed by atoms with E-state index in [9.17, 15) is 34.2 Å². The van der Waals surface area contributed by atoms with Gasteiger partial charge in [0.15, 0.2) is 0 Å². The third kappa shape index (κ3) is 15.6. The maximum Gasteiger partial charge on any atom is 0.305 e. The van der Waals surface area contributed by atoms with Crippen LogP contribution in [0, 0.1) is 45.3 Å². The Morgan fingerprint density at radius 2 is 1.03 bits per heavy atom. The molecule has 0 aromatic rings. The highest BCUT2D eigenvalue weighted by Crippen LogP contribution is 2.47. The van der Waals surface area contributed by atoms with Gasteiger partial charge in [-0.1, -0.05) is 74.3 Å². The smallest absolute Gasteiger partial charge is 0.305 e. The number of esters is 4. The Kier molecular flexibility index (Phi) is 22.6. The van der Waals surface area contributed by atoms with Gasteiger partial charge in [-0.05, 0) is 128 Å². The predicted octanol–water partition coefficient (Wildman–Crippen LogP) is 10.0. The zero-order chi connectivity index (χ0) is 46.7. The molecule has 2 N–H and O–H groups in total. The lowest BCUT2D eigenvalue weighted by molar-refractivity contribution is -0.157. The first-order valence-electron chi connectivity index (χ1n) is 22.9. The molecule has 0 aromatic carbocycles. The molecule has 1 spiro atoms. The van der Waals surface area contributed by atoms with Crippen LogP contribution in [0.4, 0.5) is 0 Å². The lowest BCUT2D eigenvalue weighted by atomic mass is 9.65. The van der Waals surface area contributed by atoms with Gasteiger partial charge in [-0.2, -0.15) is 0 Å². The van der Waals surface area contributed by atoms with Gasteiger partial charge < -0.3 is 34.0 Å². The molecule has 0 radical (unpaired) electrons. The van der Waals surface area contributed by atoms with Crippen molar-refractivity contribution < 1.29 is 54.6 Å². The molecular formula is C51H84O11. The third-order valence-corrected chi connectivity index (χ3v) is 15.4. The molecule has 4 aliphatic carbocycles. The van der Waals surface area contributed by atoms with Gasteiger partial charge in [-0.25, -0.2) is 0 Å². The van der Waals surface area contributed by atoms with Crippen molar-refractivity contribution >= 4 is 30.2 Å². The summed E-state index contributed by atoms with van der Waals surface area (Å²) in [5.74, 6) is 1.17. The van der Waals surface area contributed by atoms with Crippen LogP contribution in [0.2, 0.25) is 0 Å². The number of hydrogen-bond donors (Lipinski definition) is 2. The molecule has 1 fully saturated rings. The second-order valence-corrected chi connectivity index (χ2v) is 19.6. The molecule has 5 rings (SSSR count). The Morgan fingerprint density at radius 1 is 0.645 bits per heavy atom. The van der Waals surface area contributed by atoms with E-state index < -0.39 is 0 Å². The van der Waals surface area contributed by atoms with E-state index in [-0.39, 0.29) is 60.2 Å². The van der Waals surface area contributed by atoms with Gasteiger partial charge in [0.2, 0.25) is 0 Å². The van der Waals surface area contributed by atoms with Crippen LogP contribution in [0.25, 0.3) is 0 Å². The first-order chi connectivity index (χ1) is 29.2. The number of aliphatic hydroxyl groups excluding tert-OH is 2. The lowest BCUT2D eigenvalue weighted by Gasteiger charge is -2.43. The van der Waals surface area contributed by atoms with Gasteiger partial charge in [-0.15, -0.1) is 0 Å². The van der Waals surface area contributed by atoms with Crippen molar-refractivity contribution in [3.05, 3.63) is 46.6 Å². The molecule has 1 heterocycles. The Morgan fingerprint density at radius 3 is 1.37 bits per heavy atom. The Balaban J connectivity index is 0.000000418. The SMILES string of the molecule is CC1=CCC2(CCC(=O)OC2)C(C)C1.COC(=O)CCC1(C=O)CC=C(C)CC1C.COC(=O)CCC1(CO)CC=C(C)CC1C.COC(=O)CCC1(CO)CC=C(C)CC1C.[HH]. The van der Waals surface area contributed by atoms with Crippen molar-refractivity contribution in [3.63, 3.8) is 0 Å². The van der Waals surface area contributed by atoms with E-state index in [4.69, 9.17) is 4.74 Å². The van der Waals surface area contributed by atoms with Crippen molar-refractivity contribution in [1.29, 1.82) is 0 Å². The number of methoxy groups -OCH3 is 3. The van der Waals surface area contributed by atoms with Crippen LogP contribution in [0.15, 0.2) is 46.6 Å². The average Bonchev–Trinajstić information content (AvgIpc) is 3.26. The van der Waals surface area contributed by atoms with Crippen molar-refractivity contribution in [1.82, 2.24) is 0 Å². The molecule has 5 aliphatic rings. The number of ether oxygens (including phenoxy) is 4. The van der Waals surface area contributed by atoms with E-state index in [1.165, 1.54) is 43.6 Å². The van der Waals surface area contributed by atoms with Gasteiger partial charge in [0, 0.05) is 62.0 Å². The number of aliphatic hydroxyl groups is 2. The summed E-state index contributed by atoms with van der Waals surface area (Å²) in [6.45, 7) is 18.1. The average molecular weight is 873 g/mol. The summed E-state index contributed by atoms with van der Waals surface area (Å²) in [6.07, 6.45) is 22.3. The number of rotatable bonds is 12. The van der Waals surface area contributed by atoms with E-state index in [0.717, 1.165) is 64.1 Å². The molecule has 0 aromatic heterocycles. The first-order valence-corrected chi connectivity index (χ1v) is 22.9. The highest BCUT2D eigenvalue weighted by Gasteiger charge is 2.42. The van der Waals surface area contributed by atoms with E-state index in [0.29, 0.717) is 75.2 Å². The standard InChI is InChI=1S/2C13H22O3.C13H20O3.C12H18O2.H2/c3*1-10-4-6-13(9-14,11(2)8-10)7-5-12(15)16-3;1-9-3-5-12(10(2)7-9)6-4-11(13)14-8-12;/h2*4,11,14H,5-9H2,1-3H3;4,9,11H,5-8H2,1-3H3;3,10H,4-8H2,1-2H3;1H. The quantitative estimate of drug-likeness (QED) is 0.0831. The van der Waals surface area contributed by atoms with Gasteiger partial charge in [0.1, 0.15) is 6.29 Å². The Bertz CT molecular complexity index is 1560. The predicted molar refractivity (Wildman–Crippen MR) is 245 cm³/mol. The first kappa shape index (κ1) is 54.6. The second kappa shape index (κ2) is 25.7. The number of carbonyl (C=O) groups is 5. The fourth-order valence-electron chi connectivity index (χ4n) is 9.90. The Labute approximate surface area is 375 Å². The molecule has 0 bridgehead atoms. The molecule has 0 amide bonds. The van der Waals surface area contributed by atoms with Crippen LogP contribution in [0.5, 0.6) is 0 Å². The summed E-state index contributed by atoms with van der Waals surface area (Å²) >= 11 is 0. The lowest BCUT2D eigenvalue weighted by Crippen LogP contribution is -2.40. The van der Waals surface area contributed by atoms with Gasteiger partial charge in [0.05, 0.1) is 27.9 Å². The minimum absolute atomic E-state index is 0. The fourth-order valence-corrected chi connectivity index (χ4v) is 9.90. The summed E-state index contributed by atoms with van der Waals surface area (Å²) in [7, 11) is 4.19. The van der Waals surface area contributed by atoms with Crippen molar-refractivity contribution in [2.24, 2.45) is 45.3 Å². The summed E-state index contributed by atoms with van der Waals surface area (Å²) in [6, 6.07) is 0. The summed E-state index contributed by atoms with van der Waals surface area (Å²) in [5, 5.41) is 19.2. The molecular weight excluding hydrogens is 789 g/mol. The highest BCUT2D eigenvalue weighted by atomic mass is 16.5. The van der Waals surface area contributed by atoms with Gasteiger partial charge in [-0.3, -0.25) is 19.2 Å². The number of cyclic esters (lactones) is 1. The minimum Gasteiger partial charge on any atom is -0.469 e. The number of aldehydes is 1. The van der Waals surface area contributed by atoms with E-state index in [1.54, 1.807) is 0 Å². The van der Waals surface area contributed by atoms with Crippen LogP contribution < -0.4 is 0 Å². The molecule has 8 unspecified atom stereocenters. The largest absolute Gasteiger partial charge is 0.469 e. The second-order valence-electron chi connectivity index (χ2n) is 19.6. The minimum atomic E-state index is -0.367. The van der Waals surface area contributed by atoms with Crippen LogP contribution in [0.1, 0.15) is 160 Å². The molecule has 62 heavy (non-hydrogen) atoms. The van der Waals surface area contributed by atoms with Gasteiger partial charge in [0.25, 0.3) is 0 Å². The molecule has 11 heteroatoms. The summed E-state index contributed by atoms with van der Waals surface area (Å²) < 4.78 is 19.1. The maximum absolute atomic E-state index is 11.3. The van der Waals surface area contributed by atoms with Crippen molar-refractivity contribution in [2.75, 3.05) is 41.2 Å². The van der Waals surface area contributed by atoms with Gasteiger partial charge >= 0.3 is 23.9 Å². The summed E-state index contributed by atoms with van der Waals surface area (Å²) in [5.41, 5.74) is 5.22.